The Bertz CT molecular complexity index is 1190. The number of carbonyl (C=O) groups is 1. The maximum atomic E-state index is 13.7. The van der Waals surface area contributed by atoms with Gasteiger partial charge in [-0.1, -0.05) is 13.8 Å². The first-order valence-electron chi connectivity index (χ1n) is 12.7. The first kappa shape index (κ1) is 24.4. The highest BCUT2D eigenvalue weighted by Gasteiger charge is 2.28. The third-order valence-electron chi connectivity index (χ3n) is 7.29. The van der Waals surface area contributed by atoms with Gasteiger partial charge in [-0.15, -0.1) is 0 Å². The van der Waals surface area contributed by atoms with E-state index in [9.17, 15) is 13.6 Å². The van der Waals surface area contributed by atoms with Gasteiger partial charge in [0.2, 0.25) is 5.89 Å². The van der Waals surface area contributed by atoms with E-state index < -0.39 is 18.0 Å². The molecule has 0 radical (unpaired) electrons. The van der Waals surface area contributed by atoms with E-state index >= 15 is 0 Å². The maximum Gasteiger partial charge on any atom is 0.284 e. The van der Waals surface area contributed by atoms with Crippen LogP contribution in [-0.2, 0) is 0 Å². The summed E-state index contributed by atoms with van der Waals surface area (Å²) >= 11 is 0. The smallest absolute Gasteiger partial charge is 0.284 e. The van der Waals surface area contributed by atoms with Crippen molar-refractivity contribution >= 4 is 17.4 Å². The number of aromatic nitrogens is 4. The number of rotatable bonds is 9. The number of amides is 1. The molecule has 0 atom stereocenters. The molecule has 3 heterocycles. The minimum atomic E-state index is -2.81. The largest absolute Gasteiger partial charge is 0.444 e. The number of halogens is 2. The topological polar surface area (TPSA) is 97.9 Å². The Labute approximate surface area is 208 Å². The molecule has 2 N–H and O–H groups in total. The molecule has 0 saturated heterocycles. The predicted octanol–water partition coefficient (Wildman–Crippen LogP) is 6.33. The quantitative estimate of drug-likeness (QED) is 0.358. The number of hydrogen-bond acceptors (Lipinski definition) is 6. The third kappa shape index (κ3) is 5.57. The Kier molecular flexibility index (Phi) is 7.02. The molecule has 1 amide bonds. The van der Waals surface area contributed by atoms with Gasteiger partial charge in [-0.25, -0.2) is 18.7 Å². The summed E-state index contributed by atoms with van der Waals surface area (Å²) in [4.78, 5) is 21.4. The number of hydrogen-bond donors (Lipinski definition) is 2. The fraction of sp³-hybridized carbons (Fsp3) is 0.538. The van der Waals surface area contributed by atoms with Crippen molar-refractivity contribution in [2.24, 2.45) is 17.8 Å². The number of pyridine rings is 1. The first-order chi connectivity index (χ1) is 17.4. The summed E-state index contributed by atoms with van der Waals surface area (Å²) in [6.45, 7) is 5.31. The summed E-state index contributed by atoms with van der Waals surface area (Å²) in [5.74, 6) is 2.29. The number of nitrogens with one attached hydrogen (secondary N) is 2. The van der Waals surface area contributed by atoms with E-state index in [4.69, 9.17) is 4.42 Å². The van der Waals surface area contributed by atoms with Gasteiger partial charge in [-0.3, -0.25) is 9.48 Å². The molecule has 36 heavy (non-hydrogen) atoms. The van der Waals surface area contributed by atoms with Crippen molar-refractivity contribution in [3.05, 3.63) is 42.2 Å². The molecule has 3 aromatic rings. The molecule has 0 aromatic carbocycles. The summed E-state index contributed by atoms with van der Waals surface area (Å²) < 4.78 is 34.6. The summed E-state index contributed by atoms with van der Waals surface area (Å²) in [5.41, 5.74) is 0.236. The van der Waals surface area contributed by atoms with Crippen molar-refractivity contribution in [3.63, 3.8) is 0 Å². The van der Waals surface area contributed by atoms with E-state index in [0.717, 1.165) is 32.2 Å². The lowest BCUT2D eigenvalue weighted by Crippen LogP contribution is -2.21. The lowest BCUT2D eigenvalue weighted by atomic mass is 9.80. The van der Waals surface area contributed by atoms with Gasteiger partial charge in [-0.2, -0.15) is 5.10 Å². The zero-order chi connectivity index (χ0) is 25.2. The molecule has 2 aliphatic carbocycles. The van der Waals surface area contributed by atoms with Crippen LogP contribution < -0.4 is 10.6 Å². The standard InChI is InChI=1S/C26H32F2N6O2/c1-15(2)17-5-7-19(8-6-17)34-13-20(23(33-34)24(27)28)31-25(35)21-14-36-26(32-21)18-9-10-29-22(11-18)30-12-16-3-4-16/h9-11,13-17,19,24H,3-8,12H2,1-2H3,(H,29,30)(H,31,35)/t17-,19-. The molecule has 3 aromatic heterocycles. The van der Waals surface area contributed by atoms with Gasteiger partial charge >= 0.3 is 0 Å². The van der Waals surface area contributed by atoms with Crippen LogP contribution in [0, 0.1) is 17.8 Å². The van der Waals surface area contributed by atoms with Gasteiger partial charge in [0.15, 0.2) is 11.4 Å². The summed E-state index contributed by atoms with van der Waals surface area (Å²) in [7, 11) is 0. The Morgan fingerprint density at radius 1 is 1.19 bits per heavy atom. The van der Waals surface area contributed by atoms with Gasteiger partial charge in [0.25, 0.3) is 12.3 Å². The molecule has 10 heteroatoms. The zero-order valence-corrected chi connectivity index (χ0v) is 20.6. The number of nitrogens with zero attached hydrogens (tertiary/aromatic N) is 4. The molecule has 192 valence electrons. The molecule has 2 fully saturated rings. The van der Waals surface area contributed by atoms with Crippen molar-refractivity contribution in [2.75, 3.05) is 17.2 Å². The van der Waals surface area contributed by atoms with Crippen LogP contribution in [0.1, 0.15) is 81.0 Å². The lowest BCUT2D eigenvalue weighted by molar-refractivity contribution is 0.102. The lowest BCUT2D eigenvalue weighted by Gasteiger charge is -2.30. The van der Waals surface area contributed by atoms with E-state index in [1.807, 2.05) is 6.07 Å². The summed E-state index contributed by atoms with van der Waals surface area (Å²) in [6, 6.07) is 3.60. The normalized spacial score (nSPS) is 20.2. The van der Waals surface area contributed by atoms with Crippen molar-refractivity contribution in [2.45, 2.75) is 64.8 Å². The van der Waals surface area contributed by atoms with Gasteiger partial charge in [0.1, 0.15) is 12.1 Å². The molecular formula is C26H32F2N6O2. The van der Waals surface area contributed by atoms with Gasteiger partial charge in [0, 0.05) is 24.5 Å². The second-order valence-corrected chi connectivity index (χ2v) is 10.3. The van der Waals surface area contributed by atoms with Crippen LogP contribution in [0.3, 0.4) is 0 Å². The molecule has 0 aliphatic heterocycles. The van der Waals surface area contributed by atoms with Gasteiger partial charge < -0.3 is 15.1 Å². The molecule has 0 unspecified atom stereocenters. The number of alkyl halides is 2. The zero-order valence-electron chi connectivity index (χ0n) is 20.6. The molecule has 2 saturated carbocycles. The molecule has 0 spiro atoms. The fourth-order valence-corrected chi connectivity index (χ4v) is 4.81. The van der Waals surface area contributed by atoms with Gasteiger partial charge in [0.05, 0.1) is 11.7 Å². The Morgan fingerprint density at radius 2 is 1.97 bits per heavy atom. The third-order valence-corrected chi connectivity index (χ3v) is 7.29. The van der Waals surface area contributed by atoms with Gasteiger partial charge in [-0.05, 0) is 68.4 Å². The minimum Gasteiger partial charge on any atom is -0.444 e. The molecular weight excluding hydrogens is 466 g/mol. The van der Waals surface area contributed by atoms with E-state index in [1.54, 1.807) is 16.9 Å². The highest BCUT2D eigenvalue weighted by Crippen LogP contribution is 2.37. The molecule has 5 rings (SSSR count). The van der Waals surface area contributed by atoms with Crippen LogP contribution in [0.2, 0.25) is 0 Å². The molecule has 8 nitrogen and oxygen atoms in total. The van der Waals surface area contributed by atoms with Crippen LogP contribution in [0.15, 0.2) is 35.2 Å². The average Bonchev–Trinajstić information content (AvgIpc) is 3.39. The average molecular weight is 499 g/mol. The van der Waals surface area contributed by atoms with Crippen LogP contribution in [-0.4, -0.2) is 32.2 Å². The van der Waals surface area contributed by atoms with Crippen LogP contribution in [0.4, 0.5) is 20.3 Å². The van der Waals surface area contributed by atoms with E-state index in [-0.39, 0.29) is 23.3 Å². The van der Waals surface area contributed by atoms with E-state index in [0.29, 0.717) is 29.1 Å². The van der Waals surface area contributed by atoms with Crippen LogP contribution in [0.5, 0.6) is 0 Å². The molecule has 2 aliphatic rings. The van der Waals surface area contributed by atoms with Crippen LogP contribution >= 0.6 is 0 Å². The summed E-state index contributed by atoms with van der Waals surface area (Å²) in [5, 5.41) is 9.99. The van der Waals surface area contributed by atoms with Crippen molar-refractivity contribution in [1.82, 2.24) is 19.7 Å². The van der Waals surface area contributed by atoms with E-state index in [2.05, 4.69) is 39.5 Å². The second kappa shape index (κ2) is 10.4. The highest BCUT2D eigenvalue weighted by atomic mass is 19.3. The monoisotopic (exact) mass is 498 g/mol. The number of oxazole rings is 1. The number of carbonyl (C=O) groups excluding carboxylic acids is 1. The maximum absolute atomic E-state index is 13.7. The van der Waals surface area contributed by atoms with Crippen molar-refractivity contribution in [3.8, 4) is 11.5 Å². The Hall–Kier alpha value is -3.30. The fourth-order valence-electron chi connectivity index (χ4n) is 4.81. The SMILES string of the molecule is CC(C)[C@H]1CC[C@H](n2cc(NC(=O)c3coc(-c4ccnc(NCC5CC5)c4)n3)c(C(F)F)n2)CC1. The summed E-state index contributed by atoms with van der Waals surface area (Å²) in [6.07, 6.45) is 7.90. The van der Waals surface area contributed by atoms with Crippen molar-refractivity contribution in [1.29, 1.82) is 0 Å². The second-order valence-electron chi connectivity index (χ2n) is 10.3. The number of anilines is 2. The predicted molar refractivity (Wildman–Crippen MR) is 132 cm³/mol. The highest BCUT2D eigenvalue weighted by molar-refractivity contribution is 6.03. The molecule has 0 bridgehead atoms. The minimum absolute atomic E-state index is 0.000269. The Balaban J connectivity index is 1.27. The van der Waals surface area contributed by atoms with Crippen molar-refractivity contribution < 1.29 is 18.0 Å². The first-order valence-corrected chi connectivity index (χ1v) is 12.7. The Morgan fingerprint density at radius 3 is 2.67 bits per heavy atom. The van der Waals surface area contributed by atoms with Crippen LogP contribution in [0.25, 0.3) is 11.5 Å². The van der Waals surface area contributed by atoms with E-state index in [1.165, 1.54) is 25.3 Å².